The fourth-order valence-electron chi connectivity index (χ4n) is 1.64. The Labute approximate surface area is 89.7 Å². The van der Waals surface area contributed by atoms with Crippen LogP contribution in [0.25, 0.3) is 0 Å². The van der Waals surface area contributed by atoms with E-state index in [1.807, 2.05) is 18.2 Å². The van der Waals surface area contributed by atoms with Crippen LogP contribution in [0.4, 0.5) is 11.4 Å². The summed E-state index contributed by atoms with van der Waals surface area (Å²) in [4.78, 5) is 0. The molecule has 1 heterocycles. The summed E-state index contributed by atoms with van der Waals surface area (Å²) in [6.07, 6.45) is 1.10. The molecule has 0 bridgehead atoms. The lowest BCUT2D eigenvalue weighted by atomic mass is 9.95. The lowest BCUT2D eigenvalue weighted by Gasteiger charge is -2.37. The minimum atomic E-state index is 0.154. The van der Waals surface area contributed by atoms with E-state index < -0.39 is 0 Å². The van der Waals surface area contributed by atoms with Gasteiger partial charge in [0, 0.05) is 11.6 Å². The summed E-state index contributed by atoms with van der Waals surface area (Å²) in [6, 6.07) is 5.90. The molecule has 14 heavy (non-hydrogen) atoms. The molecule has 0 aromatic heterocycles. The predicted octanol–water partition coefficient (Wildman–Crippen LogP) is 3.35. The van der Waals surface area contributed by atoms with E-state index in [0.717, 1.165) is 29.4 Å². The minimum absolute atomic E-state index is 0.154. The van der Waals surface area contributed by atoms with E-state index in [0.29, 0.717) is 0 Å². The monoisotopic (exact) mass is 210 g/mol. The highest BCUT2D eigenvalue weighted by atomic mass is 35.5. The molecular formula is C11H15ClN2. The van der Waals surface area contributed by atoms with Crippen molar-refractivity contribution >= 4 is 23.0 Å². The molecular weight excluding hydrogens is 196 g/mol. The Bertz CT molecular complexity index is 351. The number of halogens is 1. The highest BCUT2D eigenvalue weighted by molar-refractivity contribution is 6.31. The molecule has 2 rings (SSSR count). The Morgan fingerprint density at radius 3 is 2.93 bits per heavy atom. The Balaban J connectivity index is 2.31. The highest BCUT2D eigenvalue weighted by Crippen LogP contribution is 2.33. The summed E-state index contributed by atoms with van der Waals surface area (Å²) in [5, 5.41) is 7.70. The van der Waals surface area contributed by atoms with Gasteiger partial charge >= 0.3 is 0 Å². The van der Waals surface area contributed by atoms with Crippen LogP contribution in [0.3, 0.4) is 0 Å². The standard InChI is InChI=1S/C11H15ClN2/c1-3-11(2)7-13-10-6-8(12)4-5-9(10)14-11/h4-6,13-14H,3,7H2,1-2H3. The van der Waals surface area contributed by atoms with Gasteiger partial charge in [-0.3, -0.25) is 0 Å². The fourth-order valence-corrected chi connectivity index (χ4v) is 1.82. The normalized spacial score (nSPS) is 24.8. The second-order valence-electron chi connectivity index (χ2n) is 4.08. The van der Waals surface area contributed by atoms with Crippen LogP contribution in [-0.2, 0) is 0 Å². The van der Waals surface area contributed by atoms with Crippen LogP contribution in [0.15, 0.2) is 18.2 Å². The molecule has 1 atom stereocenters. The first-order valence-electron chi connectivity index (χ1n) is 4.94. The van der Waals surface area contributed by atoms with Crippen LogP contribution in [-0.4, -0.2) is 12.1 Å². The van der Waals surface area contributed by atoms with Crippen molar-refractivity contribution in [1.82, 2.24) is 0 Å². The number of nitrogens with one attached hydrogen (secondary N) is 2. The molecule has 1 aromatic carbocycles. The molecule has 0 saturated heterocycles. The topological polar surface area (TPSA) is 24.1 Å². The first-order chi connectivity index (χ1) is 6.63. The van der Waals surface area contributed by atoms with Crippen LogP contribution >= 0.6 is 11.6 Å². The van der Waals surface area contributed by atoms with E-state index in [-0.39, 0.29) is 5.54 Å². The molecule has 1 aliphatic rings. The van der Waals surface area contributed by atoms with Crippen LogP contribution in [0.2, 0.25) is 5.02 Å². The zero-order valence-electron chi connectivity index (χ0n) is 8.52. The summed E-state index contributed by atoms with van der Waals surface area (Å²) < 4.78 is 0. The summed E-state index contributed by atoms with van der Waals surface area (Å²) >= 11 is 5.91. The SMILES string of the molecule is CCC1(C)CNc2cc(Cl)ccc2N1. The third-order valence-corrected chi connectivity index (χ3v) is 3.10. The first-order valence-corrected chi connectivity index (χ1v) is 5.32. The Kier molecular flexibility index (Phi) is 2.31. The van der Waals surface area contributed by atoms with E-state index in [2.05, 4.69) is 24.5 Å². The molecule has 0 radical (unpaired) electrons. The maximum Gasteiger partial charge on any atom is 0.0591 e. The van der Waals surface area contributed by atoms with Gasteiger partial charge in [0.1, 0.15) is 0 Å². The maximum absolute atomic E-state index is 5.91. The Hall–Kier alpha value is -0.890. The van der Waals surface area contributed by atoms with Crippen LogP contribution in [0.1, 0.15) is 20.3 Å². The summed E-state index contributed by atoms with van der Waals surface area (Å²) in [5.74, 6) is 0. The number of benzene rings is 1. The van der Waals surface area contributed by atoms with Crippen molar-refractivity contribution in [2.45, 2.75) is 25.8 Å². The molecule has 0 amide bonds. The molecule has 0 aliphatic carbocycles. The van der Waals surface area contributed by atoms with Crippen molar-refractivity contribution in [1.29, 1.82) is 0 Å². The highest BCUT2D eigenvalue weighted by Gasteiger charge is 2.26. The van der Waals surface area contributed by atoms with Crippen molar-refractivity contribution in [2.75, 3.05) is 17.2 Å². The van der Waals surface area contributed by atoms with Gasteiger partial charge in [-0.15, -0.1) is 0 Å². The zero-order valence-corrected chi connectivity index (χ0v) is 9.28. The number of rotatable bonds is 1. The van der Waals surface area contributed by atoms with Gasteiger partial charge in [-0.05, 0) is 31.5 Å². The van der Waals surface area contributed by atoms with Crippen molar-refractivity contribution < 1.29 is 0 Å². The quantitative estimate of drug-likeness (QED) is 0.743. The molecule has 3 heteroatoms. The van der Waals surface area contributed by atoms with Gasteiger partial charge in [-0.1, -0.05) is 18.5 Å². The van der Waals surface area contributed by atoms with Crippen molar-refractivity contribution in [3.05, 3.63) is 23.2 Å². The molecule has 1 aromatic rings. The summed E-state index contributed by atoms with van der Waals surface area (Å²) in [6.45, 7) is 5.35. The van der Waals surface area contributed by atoms with Gasteiger partial charge in [-0.2, -0.15) is 0 Å². The molecule has 0 spiro atoms. The van der Waals surface area contributed by atoms with Gasteiger partial charge < -0.3 is 10.6 Å². The molecule has 1 unspecified atom stereocenters. The average Bonchev–Trinajstić information content (AvgIpc) is 2.19. The number of hydrogen-bond acceptors (Lipinski definition) is 2. The van der Waals surface area contributed by atoms with Crippen molar-refractivity contribution in [3.63, 3.8) is 0 Å². The number of anilines is 2. The lowest BCUT2D eigenvalue weighted by molar-refractivity contribution is 0.514. The second kappa shape index (κ2) is 3.35. The van der Waals surface area contributed by atoms with E-state index in [1.54, 1.807) is 0 Å². The summed E-state index contributed by atoms with van der Waals surface area (Å²) in [7, 11) is 0. The maximum atomic E-state index is 5.91. The van der Waals surface area contributed by atoms with E-state index >= 15 is 0 Å². The predicted molar refractivity (Wildman–Crippen MR) is 62.3 cm³/mol. The van der Waals surface area contributed by atoms with Gasteiger partial charge in [-0.25, -0.2) is 0 Å². The lowest BCUT2D eigenvalue weighted by Crippen LogP contribution is -2.44. The van der Waals surface area contributed by atoms with E-state index in [9.17, 15) is 0 Å². The molecule has 2 nitrogen and oxygen atoms in total. The molecule has 0 saturated carbocycles. The van der Waals surface area contributed by atoms with Gasteiger partial charge in [0.05, 0.1) is 16.9 Å². The second-order valence-corrected chi connectivity index (χ2v) is 4.52. The molecule has 2 N–H and O–H groups in total. The summed E-state index contributed by atoms with van der Waals surface area (Å²) in [5.41, 5.74) is 2.40. The Morgan fingerprint density at radius 1 is 1.43 bits per heavy atom. The molecule has 1 aliphatic heterocycles. The third-order valence-electron chi connectivity index (χ3n) is 2.87. The van der Waals surface area contributed by atoms with E-state index in [1.165, 1.54) is 0 Å². The van der Waals surface area contributed by atoms with Crippen LogP contribution in [0.5, 0.6) is 0 Å². The minimum Gasteiger partial charge on any atom is -0.381 e. The zero-order chi connectivity index (χ0) is 10.2. The smallest absolute Gasteiger partial charge is 0.0591 e. The van der Waals surface area contributed by atoms with Gasteiger partial charge in [0.15, 0.2) is 0 Å². The third kappa shape index (κ3) is 1.67. The largest absolute Gasteiger partial charge is 0.381 e. The van der Waals surface area contributed by atoms with Gasteiger partial charge in [0.2, 0.25) is 0 Å². The average molecular weight is 211 g/mol. The number of fused-ring (bicyclic) bond motifs is 1. The van der Waals surface area contributed by atoms with Crippen molar-refractivity contribution in [2.24, 2.45) is 0 Å². The van der Waals surface area contributed by atoms with Crippen molar-refractivity contribution in [3.8, 4) is 0 Å². The Morgan fingerprint density at radius 2 is 2.21 bits per heavy atom. The fraction of sp³-hybridized carbons (Fsp3) is 0.455. The van der Waals surface area contributed by atoms with Crippen LogP contribution in [0, 0.1) is 0 Å². The van der Waals surface area contributed by atoms with E-state index in [4.69, 9.17) is 11.6 Å². The molecule has 0 fully saturated rings. The first kappa shape index (κ1) is 9.66. The molecule has 76 valence electrons. The van der Waals surface area contributed by atoms with Crippen LogP contribution < -0.4 is 10.6 Å². The van der Waals surface area contributed by atoms with Gasteiger partial charge in [0.25, 0.3) is 0 Å². The number of hydrogen-bond donors (Lipinski definition) is 2.